The van der Waals surface area contributed by atoms with Crippen molar-refractivity contribution in [2.45, 2.75) is 25.7 Å². The molecule has 0 saturated heterocycles. The smallest absolute Gasteiger partial charge is 0.197 e. The van der Waals surface area contributed by atoms with Gasteiger partial charge in [-0.05, 0) is 13.8 Å². The topological polar surface area (TPSA) is 0 Å². The van der Waals surface area contributed by atoms with Crippen molar-refractivity contribution in [1.82, 2.24) is 0 Å². The summed E-state index contributed by atoms with van der Waals surface area (Å²) in [6, 6.07) is 0. The van der Waals surface area contributed by atoms with Crippen LogP contribution in [-0.4, -0.2) is 11.8 Å². The van der Waals surface area contributed by atoms with Crippen molar-refractivity contribution in [3.05, 3.63) is 23.1 Å². The van der Waals surface area contributed by atoms with E-state index in [1.807, 2.05) is 0 Å². The standard InChI is InChI=1S/C8H7F5/c1-3-4(9)5(10)7(12)8(2,13)6(3)11/h6H,1-2H3. The maximum atomic E-state index is 13.1. The van der Waals surface area contributed by atoms with E-state index in [-0.39, 0.29) is 0 Å². The molecule has 1 rings (SSSR count). The number of hydrogen-bond acceptors (Lipinski definition) is 0. The molecule has 13 heavy (non-hydrogen) atoms. The van der Waals surface area contributed by atoms with Gasteiger partial charge >= 0.3 is 0 Å². The first-order chi connectivity index (χ1) is 5.80. The van der Waals surface area contributed by atoms with E-state index >= 15 is 0 Å². The highest BCUT2D eigenvalue weighted by molar-refractivity contribution is 5.39. The van der Waals surface area contributed by atoms with Crippen molar-refractivity contribution in [2.75, 3.05) is 0 Å². The third kappa shape index (κ3) is 1.26. The van der Waals surface area contributed by atoms with Crippen molar-refractivity contribution in [3.63, 3.8) is 0 Å². The first-order valence-corrected chi connectivity index (χ1v) is 3.55. The number of rotatable bonds is 0. The predicted octanol–water partition coefficient (Wildman–Crippen LogP) is 3.46. The van der Waals surface area contributed by atoms with Gasteiger partial charge in [-0.3, -0.25) is 0 Å². The molecule has 1 aliphatic carbocycles. The quantitative estimate of drug-likeness (QED) is 0.523. The van der Waals surface area contributed by atoms with Crippen molar-refractivity contribution in [1.29, 1.82) is 0 Å². The van der Waals surface area contributed by atoms with E-state index in [4.69, 9.17) is 0 Å². The highest BCUT2D eigenvalue weighted by Gasteiger charge is 2.48. The van der Waals surface area contributed by atoms with Gasteiger partial charge in [0.05, 0.1) is 0 Å². The minimum atomic E-state index is -3.11. The van der Waals surface area contributed by atoms with Crippen LogP contribution in [0.25, 0.3) is 0 Å². The lowest BCUT2D eigenvalue weighted by Gasteiger charge is -2.27. The average Bonchev–Trinajstić information content (AvgIpc) is 2.09. The Morgan fingerprint density at radius 1 is 1.15 bits per heavy atom. The zero-order chi connectivity index (χ0) is 10.4. The lowest BCUT2D eigenvalue weighted by atomic mass is 9.89. The Hall–Kier alpha value is -0.870. The molecule has 0 aliphatic heterocycles. The summed E-state index contributed by atoms with van der Waals surface area (Å²) >= 11 is 0. The lowest BCUT2D eigenvalue weighted by molar-refractivity contribution is 0.0886. The second kappa shape index (κ2) is 2.82. The Morgan fingerprint density at radius 2 is 1.62 bits per heavy atom. The van der Waals surface area contributed by atoms with Gasteiger partial charge in [-0.25, -0.2) is 22.0 Å². The molecule has 0 radical (unpaired) electrons. The van der Waals surface area contributed by atoms with Gasteiger partial charge in [0.2, 0.25) is 0 Å². The molecule has 0 aromatic rings. The van der Waals surface area contributed by atoms with Crippen LogP contribution in [0.5, 0.6) is 0 Å². The van der Waals surface area contributed by atoms with Crippen LogP contribution in [0, 0.1) is 0 Å². The van der Waals surface area contributed by atoms with Gasteiger partial charge in [0, 0.05) is 5.57 Å². The maximum Gasteiger partial charge on any atom is 0.197 e. The number of hydrogen-bond donors (Lipinski definition) is 0. The first kappa shape index (κ1) is 10.2. The van der Waals surface area contributed by atoms with Crippen LogP contribution in [0.2, 0.25) is 0 Å². The molecule has 0 aromatic heterocycles. The first-order valence-electron chi connectivity index (χ1n) is 3.55. The monoisotopic (exact) mass is 198 g/mol. The molecular formula is C8H7F5. The summed E-state index contributed by atoms with van der Waals surface area (Å²) < 4.78 is 63.8. The lowest BCUT2D eigenvalue weighted by Crippen LogP contribution is -2.36. The molecule has 0 N–H and O–H groups in total. The van der Waals surface area contributed by atoms with Crippen LogP contribution in [0.3, 0.4) is 0 Å². The zero-order valence-corrected chi connectivity index (χ0v) is 6.97. The van der Waals surface area contributed by atoms with Crippen LogP contribution < -0.4 is 0 Å². The molecule has 74 valence electrons. The van der Waals surface area contributed by atoms with E-state index in [9.17, 15) is 22.0 Å². The maximum absolute atomic E-state index is 13.1. The van der Waals surface area contributed by atoms with Crippen LogP contribution in [0.1, 0.15) is 13.8 Å². The molecule has 0 heterocycles. The Kier molecular flexibility index (Phi) is 2.21. The fraction of sp³-hybridized carbons (Fsp3) is 0.500. The van der Waals surface area contributed by atoms with E-state index in [1.54, 1.807) is 0 Å². The van der Waals surface area contributed by atoms with Gasteiger partial charge in [0.15, 0.2) is 29.3 Å². The largest absolute Gasteiger partial charge is 0.238 e. The molecule has 0 aromatic carbocycles. The third-order valence-corrected chi connectivity index (χ3v) is 2.02. The summed E-state index contributed by atoms with van der Waals surface area (Å²) in [5, 5.41) is 0. The van der Waals surface area contributed by atoms with Gasteiger partial charge in [0.25, 0.3) is 0 Å². The fourth-order valence-corrected chi connectivity index (χ4v) is 1.11. The summed E-state index contributed by atoms with van der Waals surface area (Å²) in [5.74, 6) is -5.63. The van der Waals surface area contributed by atoms with Crippen molar-refractivity contribution < 1.29 is 22.0 Å². The second-order valence-corrected chi connectivity index (χ2v) is 3.06. The van der Waals surface area contributed by atoms with Gasteiger partial charge in [0.1, 0.15) is 0 Å². The van der Waals surface area contributed by atoms with Crippen LogP contribution in [0.4, 0.5) is 22.0 Å². The molecular weight excluding hydrogens is 191 g/mol. The number of halogens is 5. The second-order valence-electron chi connectivity index (χ2n) is 3.06. The molecule has 0 spiro atoms. The van der Waals surface area contributed by atoms with Gasteiger partial charge in [-0.2, -0.15) is 0 Å². The minimum absolute atomic E-state index is 0.530. The molecule has 2 atom stereocenters. The summed E-state index contributed by atoms with van der Waals surface area (Å²) in [4.78, 5) is 0. The summed E-state index contributed by atoms with van der Waals surface area (Å²) in [6.07, 6.45) is -2.48. The molecule has 0 bridgehead atoms. The molecule has 0 fully saturated rings. The van der Waals surface area contributed by atoms with Crippen LogP contribution in [-0.2, 0) is 0 Å². The third-order valence-electron chi connectivity index (χ3n) is 2.02. The Balaban J connectivity index is 3.32. The fourth-order valence-electron chi connectivity index (χ4n) is 1.11. The average molecular weight is 198 g/mol. The van der Waals surface area contributed by atoms with Crippen LogP contribution >= 0.6 is 0 Å². The zero-order valence-electron chi connectivity index (χ0n) is 6.97. The molecule has 0 amide bonds. The Bertz CT molecular complexity index is 300. The minimum Gasteiger partial charge on any atom is -0.238 e. The number of allylic oxidation sites excluding steroid dienone is 4. The van der Waals surface area contributed by atoms with Gasteiger partial charge < -0.3 is 0 Å². The van der Waals surface area contributed by atoms with E-state index in [0.717, 1.165) is 6.92 Å². The summed E-state index contributed by atoms with van der Waals surface area (Å²) in [5.41, 5.74) is -3.87. The van der Waals surface area contributed by atoms with Gasteiger partial charge in [-0.15, -0.1) is 0 Å². The van der Waals surface area contributed by atoms with E-state index in [1.165, 1.54) is 0 Å². The molecule has 2 unspecified atom stereocenters. The molecule has 0 nitrogen and oxygen atoms in total. The molecule has 1 aliphatic rings. The van der Waals surface area contributed by atoms with Crippen LogP contribution in [0.15, 0.2) is 23.1 Å². The SMILES string of the molecule is CC1=C(F)C(F)=C(F)C(C)(F)C1F. The van der Waals surface area contributed by atoms with Crippen molar-refractivity contribution in [2.24, 2.45) is 0 Å². The summed E-state index contributed by atoms with van der Waals surface area (Å²) in [7, 11) is 0. The predicted molar refractivity (Wildman–Crippen MR) is 37.5 cm³/mol. The van der Waals surface area contributed by atoms with E-state index in [0.29, 0.717) is 6.92 Å². The molecule has 5 heteroatoms. The normalized spacial score (nSPS) is 35.8. The Labute approximate surface area is 71.7 Å². The van der Waals surface area contributed by atoms with Crippen molar-refractivity contribution >= 4 is 0 Å². The van der Waals surface area contributed by atoms with Gasteiger partial charge in [-0.1, -0.05) is 0 Å². The highest BCUT2D eigenvalue weighted by atomic mass is 19.2. The van der Waals surface area contributed by atoms with Crippen molar-refractivity contribution in [3.8, 4) is 0 Å². The van der Waals surface area contributed by atoms with E-state index < -0.39 is 34.9 Å². The molecule has 0 saturated carbocycles. The Morgan fingerprint density at radius 3 is 2.08 bits per heavy atom. The summed E-state index contributed by atoms with van der Waals surface area (Å²) in [6.45, 7) is 1.41. The van der Waals surface area contributed by atoms with E-state index in [2.05, 4.69) is 0 Å². The number of alkyl halides is 2. The highest BCUT2D eigenvalue weighted by Crippen LogP contribution is 2.43.